The summed E-state index contributed by atoms with van der Waals surface area (Å²) in [6.45, 7) is 1.92. The van der Waals surface area contributed by atoms with Gasteiger partial charge < -0.3 is 14.7 Å². The van der Waals surface area contributed by atoms with Gasteiger partial charge in [0.05, 0.1) is 24.8 Å². The number of benzene rings is 2. The molecule has 0 bridgehead atoms. The number of hydrogen-bond donors (Lipinski definition) is 1. The van der Waals surface area contributed by atoms with Gasteiger partial charge in [-0.05, 0) is 30.9 Å². The minimum absolute atomic E-state index is 0.0893. The van der Waals surface area contributed by atoms with Gasteiger partial charge in [-0.3, -0.25) is 9.59 Å². The lowest BCUT2D eigenvalue weighted by atomic mass is 9.72. The van der Waals surface area contributed by atoms with E-state index in [0.717, 1.165) is 12.0 Å². The topological polar surface area (TPSA) is 83.9 Å². The van der Waals surface area contributed by atoms with E-state index in [1.54, 1.807) is 31.2 Å². The van der Waals surface area contributed by atoms with Gasteiger partial charge in [0, 0.05) is 6.42 Å². The number of ether oxygens (including phenoxy) is 1. The maximum absolute atomic E-state index is 13.9. The number of rotatable bonds is 6. The summed E-state index contributed by atoms with van der Waals surface area (Å²) in [5.74, 6) is -2.58. The second-order valence-corrected chi connectivity index (χ2v) is 8.22. The molecule has 2 aromatic carbocycles. The number of esters is 1. The maximum Gasteiger partial charge on any atom is 0.339 e. The standard InChI is InChI=1S/C26H27NO5/c1-2-32-24(29)22-23(19-13-7-4-8-14-19)27(17-18-11-5-3-6-12-18)25(30)26(22,31)20-15-9-10-16-21(20)28/h3-8,11-14,20,31H,2,9-10,15-17H2,1H3. The molecule has 0 radical (unpaired) electrons. The van der Waals surface area contributed by atoms with Crippen LogP contribution in [0.2, 0.25) is 0 Å². The number of carbonyl (C=O) groups excluding carboxylic acids is 3. The summed E-state index contributed by atoms with van der Waals surface area (Å²) >= 11 is 0. The number of carbonyl (C=O) groups is 3. The molecule has 2 aliphatic rings. The van der Waals surface area contributed by atoms with Gasteiger partial charge in [0.25, 0.3) is 5.91 Å². The van der Waals surface area contributed by atoms with Crippen LogP contribution in [0.3, 0.4) is 0 Å². The van der Waals surface area contributed by atoms with E-state index >= 15 is 0 Å². The third kappa shape index (κ3) is 3.75. The van der Waals surface area contributed by atoms with Crippen LogP contribution in [0.15, 0.2) is 66.2 Å². The van der Waals surface area contributed by atoms with Crippen molar-refractivity contribution in [1.29, 1.82) is 0 Å². The lowest BCUT2D eigenvalue weighted by Crippen LogP contribution is -2.53. The predicted molar refractivity (Wildman–Crippen MR) is 119 cm³/mol. The average molecular weight is 434 g/mol. The van der Waals surface area contributed by atoms with Crippen molar-refractivity contribution in [2.45, 2.75) is 44.8 Å². The molecule has 1 aliphatic carbocycles. The molecule has 4 rings (SSSR count). The largest absolute Gasteiger partial charge is 0.462 e. The first kappa shape index (κ1) is 22.0. The lowest BCUT2D eigenvalue weighted by Gasteiger charge is -2.34. The summed E-state index contributed by atoms with van der Waals surface area (Å²) in [6, 6.07) is 18.4. The van der Waals surface area contributed by atoms with E-state index in [-0.39, 0.29) is 30.9 Å². The smallest absolute Gasteiger partial charge is 0.339 e. The van der Waals surface area contributed by atoms with Gasteiger partial charge in [0.15, 0.2) is 5.60 Å². The van der Waals surface area contributed by atoms with Gasteiger partial charge in [-0.1, -0.05) is 67.1 Å². The zero-order valence-corrected chi connectivity index (χ0v) is 18.1. The fourth-order valence-electron chi connectivity index (χ4n) is 4.75. The van der Waals surface area contributed by atoms with Crippen molar-refractivity contribution in [1.82, 2.24) is 4.90 Å². The van der Waals surface area contributed by atoms with Crippen molar-refractivity contribution in [2.24, 2.45) is 5.92 Å². The Kier molecular flexibility index (Phi) is 6.24. The van der Waals surface area contributed by atoms with E-state index in [2.05, 4.69) is 0 Å². The van der Waals surface area contributed by atoms with Crippen molar-refractivity contribution >= 4 is 23.4 Å². The molecule has 1 N–H and O–H groups in total. The number of nitrogens with zero attached hydrogens (tertiary/aromatic N) is 1. The number of aliphatic hydroxyl groups is 1. The SMILES string of the molecule is CCOC(=O)C1=C(c2ccccc2)N(Cc2ccccc2)C(=O)C1(O)C1CCCCC1=O. The van der Waals surface area contributed by atoms with Gasteiger partial charge >= 0.3 is 5.97 Å². The van der Waals surface area contributed by atoms with Gasteiger partial charge in [-0.15, -0.1) is 0 Å². The normalized spacial score (nSPS) is 23.6. The summed E-state index contributed by atoms with van der Waals surface area (Å²) in [5.41, 5.74) is -0.620. The molecule has 1 saturated carbocycles. The van der Waals surface area contributed by atoms with Gasteiger partial charge in [0.1, 0.15) is 11.4 Å². The number of Topliss-reactive ketones (excluding diaryl/α,β-unsaturated/α-hetero) is 1. The van der Waals surface area contributed by atoms with Crippen LogP contribution in [0, 0.1) is 5.92 Å². The monoisotopic (exact) mass is 433 g/mol. The number of ketones is 1. The molecule has 1 aliphatic heterocycles. The van der Waals surface area contributed by atoms with Crippen molar-refractivity contribution in [3.63, 3.8) is 0 Å². The van der Waals surface area contributed by atoms with Crippen LogP contribution in [0.4, 0.5) is 0 Å². The summed E-state index contributed by atoms with van der Waals surface area (Å²) in [5, 5.41) is 11.9. The summed E-state index contributed by atoms with van der Waals surface area (Å²) in [7, 11) is 0. The number of amides is 1. The third-order valence-electron chi connectivity index (χ3n) is 6.23. The fraction of sp³-hybridized carbons (Fsp3) is 0.346. The molecule has 2 atom stereocenters. The quantitative estimate of drug-likeness (QED) is 0.705. The highest BCUT2D eigenvalue weighted by atomic mass is 16.5. The molecule has 32 heavy (non-hydrogen) atoms. The Morgan fingerprint density at radius 2 is 1.72 bits per heavy atom. The predicted octanol–water partition coefficient (Wildman–Crippen LogP) is 3.49. The van der Waals surface area contributed by atoms with E-state index in [1.807, 2.05) is 36.4 Å². The highest BCUT2D eigenvalue weighted by Crippen LogP contribution is 2.47. The molecule has 6 heteroatoms. The van der Waals surface area contributed by atoms with Crippen LogP contribution < -0.4 is 0 Å². The highest BCUT2D eigenvalue weighted by molar-refractivity contribution is 6.16. The first-order valence-electron chi connectivity index (χ1n) is 11.1. The molecular formula is C26H27NO5. The van der Waals surface area contributed by atoms with Crippen LogP contribution in [0.25, 0.3) is 5.70 Å². The van der Waals surface area contributed by atoms with E-state index in [1.165, 1.54) is 4.90 Å². The van der Waals surface area contributed by atoms with Crippen LogP contribution in [0.1, 0.15) is 43.7 Å². The van der Waals surface area contributed by atoms with Crippen LogP contribution in [-0.2, 0) is 25.7 Å². The van der Waals surface area contributed by atoms with Crippen molar-refractivity contribution in [3.8, 4) is 0 Å². The minimum atomic E-state index is -2.25. The number of hydrogen-bond acceptors (Lipinski definition) is 5. The van der Waals surface area contributed by atoms with E-state index in [9.17, 15) is 19.5 Å². The Bertz CT molecular complexity index is 1050. The zero-order valence-electron chi connectivity index (χ0n) is 18.1. The Labute approximate surface area is 187 Å². The molecular weight excluding hydrogens is 406 g/mol. The van der Waals surface area contributed by atoms with Crippen LogP contribution in [-0.4, -0.2) is 39.9 Å². The Morgan fingerprint density at radius 1 is 1.06 bits per heavy atom. The van der Waals surface area contributed by atoms with E-state index in [4.69, 9.17) is 4.74 Å². The van der Waals surface area contributed by atoms with Gasteiger partial charge in [0.2, 0.25) is 0 Å². The molecule has 1 fully saturated rings. The van der Waals surface area contributed by atoms with Gasteiger partial charge in [-0.2, -0.15) is 0 Å². The average Bonchev–Trinajstić information content (AvgIpc) is 3.03. The maximum atomic E-state index is 13.9. The lowest BCUT2D eigenvalue weighted by molar-refractivity contribution is -0.157. The highest BCUT2D eigenvalue weighted by Gasteiger charge is 2.61. The minimum Gasteiger partial charge on any atom is -0.462 e. The van der Waals surface area contributed by atoms with Crippen LogP contribution >= 0.6 is 0 Å². The fourth-order valence-corrected chi connectivity index (χ4v) is 4.75. The Morgan fingerprint density at radius 3 is 2.34 bits per heavy atom. The second-order valence-electron chi connectivity index (χ2n) is 8.22. The molecule has 1 amide bonds. The molecule has 2 unspecified atom stereocenters. The third-order valence-corrected chi connectivity index (χ3v) is 6.23. The van der Waals surface area contributed by atoms with Crippen molar-refractivity contribution in [3.05, 3.63) is 77.4 Å². The van der Waals surface area contributed by atoms with Crippen LogP contribution in [0.5, 0.6) is 0 Å². The molecule has 0 aromatic heterocycles. The molecule has 1 heterocycles. The first-order chi connectivity index (χ1) is 15.5. The summed E-state index contributed by atoms with van der Waals surface area (Å²) < 4.78 is 5.30. The Hall–Kier alpha value is -3.25. The second kappa shape index (κ2) is 9.09. The summed E-state index contributed by atoms with van der Waals surface area (Å²) in [6.07, 6.45) is 2.07. The van der Waals surface area contributed by atoms with Crippen molar-refractivity contribution in [2.75, 3.05) is 6.61 Å². The van der Waals surface area contributed by atoms with E-state index < -0.39 is 23.4 Å². The molecule has 0 saturated heterocycles. The van der Waals surface area contributed by atoms with Gasteiger partial charge in [-0.25, -0.2) is 4.79 Å². The first-order valence-corrected chi connectivity index (χ1v) is 11.1. The molecule has 2 aromatic rings. The molecule has 166 valence electrons. The Balaban J connectivity index is 1.93. The van der Waals surface area contributed by atoms with Crippen molar-refractivity contribution < 1.29 is 24.2 Å². The molecule has 6 nitrogen and oxygen atoms in total. The molecule has 0 spiro atoms. The van der Waals surface area contributed by atoms with E-state index in [0.29, 0.717) is 24.1 Å². The zero-order chi connectivity index (χ0) is 22.7. The summed E-state index contributed by atoms with van der Waals surface area (Å²) in [4.78, 5) is 41.4.